The topological polar surface area (TPSA) is 9.23 Å². The van der Waals surface area contributed by atoms with Gasteiger partial charge in [0.05, 0.1) is 6.61 Å². The van der Waals surface area contributed by atoms with Crippen LogP contribution in [-0.4, -0.2) is 6.61 Å². The summed E-state index contributed by atoms with van der Waals surface area (Å²) in [5.74, 6) is 0.530. The van der Waals surface area contributed by atoms with Crippen molar-refractivity contribution in [2.45, 2.75) is 71.1 Å². The van der Waals surface area contributed by atoms with Crippen molar-refractivity contribution >= 4 is 0 Å². The summed E-state index contributed by atoms with van der Waals surface area (Å²) in [4.78, 5) is 0. The summed E-state index contributed by atoms with van der Waals surface area (Å²) < 4.78 is 31.4. The molecule has 0 spiro atoms. The maximum absolute atomic E-state index is 13.1. The summed E-state index contributed by atoms with van der Waals surface area (Å²) in [6, 6.07) is 3.72. The van der Waals surface area contributed by atoms with Gasteiger partial charge in [0, 0.05) is 6.07 Å². The first-order chi connectivity index (χ1) is 11.2. The second-order valence-corrected chi connectivity index (χ2v) is 6.95. The fourth-order valence-electron chi connectivity index (χ4n) is 3.62. The Morgan fingerprint density at radius 2 is 1.57 bits per heavy atom. The zero-order valence-corrected chi connectivity index (χ0v) is 14.3. The van der Waals surface area contributed by atoms with Crippen molar-refractivity contribution < 1.29 is 13.5 Å². The second-order valence-electron chi connectivity index (χ2n) is 6.95. The maximum atomic E-state index is 13.1. The molecular formula is C20H30F2O. The first-order valence-corrected chi connectivity index (χ1v) is 9.27. The first kappa shape index (κ1) is 18.2. The average Bonchev–Trinajstić information content (AvgIpc) is 2.56. The lowest BCUT2D eigenvalue weighted by Gasteiger charge is -2.28. The van der Waals surface area contributed by atoms with Gasteiger partial charge in [-0.05, 0) is 36.8 Å². The molecule has 0 bridgehead atoms. The molecule has 23 heavy (non-hydrogen) atoms. The van der Waals surface area contributed by atoms with Crippen molar-refractivity contribution in [1.29, 1.82) is 0 Å². The highest BCUT2D eigenvalue weighted by Crippen LogP contribution is 2.34. The number of halogens is 2. The average molecular weight is 324 g/mol. The van der Waals surface area contributed by atoms with Crippen LogP contribution in [-0.2, 0) is 0 Å². The molecule has 1 aliphatic rings. The predicted octanol–water partition coefficient (Wildman–Crippen LogP) is 6.51. The standard InChI is InChI=1S/C20H30F2O/c1-2-3-4-6-16-8-10-17(11-9-16)7-5-14-23-18-12-13-19(21)20(22)15-18/h12-13,15-17H,2-11,14H2,1H3. The number of rotatable bonds is 9. The quantitative estimate of drug-likeness (QED) is 0.470. The van der Waals surface area contributed by atoms with Gasteiger partial charge >= 0.3 is 0 Å². The van der Waals surface area contributed by atoms with Crippen LogP contribution >= 0.6 is 0 Å². The zero-order valence-electron chi connectivity index (χ0n) is 14.3. The molecule has 1 aliphatic carbocycles. The summed E-state index contributed by atoms with van der Waals surface area (Å²) in [7, 11) is 0. The highest BCUT2D eigenvalue weighted by atomic mass is 19.2. The molecule has 1 nitrogen and oxygen atoms in total. The minimum atomic E-state index is -0.844. The van der Waals surface area contributed by atoms with Crippen LogP contribution in [0.25, 0.3) is 0 Å². The number of hydrogen-bond donors (Lipinski definition) is 0. The number of hydrogen-bond acceptors (Lipinski definition) is 1. The lowest BCUT2D eigenvalue weighted by atomic mass is 9.78. The number of benzene rings is 1. The molecule has 3 heteroatoms. The van der Waals surface area contributed by atoms with Gasteiger partial charge in [0.2, 0.25) is 0 Å². The van der Waals surface area contributed by atoms with Gasteiger partial charge in [-0.3, -0.25) is 0 Å². The van der Waals surface area contributed by atoms with Crippen LogP contribution in [0.3, 0.4) is 0 Å². The van der Waals surface area contributed by atoms with Crippen LogP contribution < -0.4 is 4.74 Å². The van der Waals surface area contributed by atoms with Crippen molar-refractivity contribution in [3.63, 3.8) is 0 Å². The third-order valence-corrected chi connectivity index (χ3v) is 5.10. The van der Waals surface area contributed by atoms with Gasteiger partial charge in [-0.1, -0.05) is 58.3 Å². The molecule has 0 aliphatic heterocycles. The van der Waals surface area contributed by atoms with Crippen molar-refractivity contribution in [3.05, 3.63) is 29.8 Å². The van der Waals surface area contributed by atoms with Gasteiger partial charge in [0.25, 0.3) is 0 Å². The minimum absolute atomic E-state index is 0.420. The first-order valence-electron chi connectivity index (χ1n) is 9.27. The third-order valence-electron chi connectivity index (χ3n) is 5.10. The fraction of sp³-hybridized carbons (Fsp3) is 0.700. The fourth-order valence-corrected chi connectivity index (χ4v) is 3.62. The van der Waals surface area contributed by atoms with Gasteiger partial charge < -0.3 is 4.74 Å². The van der Waals surface area contributed by atoms with Crippen LogP contribution in [0.2, 0.25) is 0 Å². The van der Waals surface area contributed by atoms with Crippen molar-refractivity contribution in [2.75, 3.05) is 6.61 Å². The molecule has 0 unspecified atom stereocenters. The Kier molecular flexibility index (Phi) is 7.84. The summed E-state index contributed by atoms with van der Waals surface area (Å²) >= 11 is 0. The van der Waals surface area contributed by atoms with Crippen LogP contribution in [0, 0.1) is 23.5 Å². The second kappa shape index (κ2) is 9.89. The Bertz CT molecular complexity index is 453. The molecule has 130 valence electrons. The Labute approximate surface area is 139 Å². The summed E-state index contributed by atoms with van der Waals surface area (Å²) in [5.41, 5.74) is 0. The minimum Gasteiger partial charge on any atom is -0.493 e. The van der Waals surface area contributed by atoms with Crippen LogP contribution in [0.1, 0.15) is 71.1 Å². The van der Waals surface area contributed by atoms with E-state index in [1.165, 1.54) is 63.9 Å². The van der Waals surface area contributed by atoms with E-state index in [2.05, 4.69) is 6.92 Å². The highest BCUT2D eigenvalue weighted by molar-refractivity contribution is 5.23. The van der Waals surface area contributed by atoms with Gasteiger partial charge in [-0.25, -0.2) is 8.78 Å². The van der Waals surface area contributed by atoms with Crippen LogP contribution in [0.5, 0.6) is 5.75 Å². The van der Waals surface area contributed by atoms with Gasteiger partial charge in [0.1, 0.15) is 5.75 Å². The molecule has 0 saturated heterocycles. The lowest BCUT2D eigenvalue weighted by Crippen LogP contribution is -2.15. The number of unbranched alkanes of at least 4 members (excludes halogenated alkanes) is 2. The van der Waals surface area contributed by atoms with E-state index in [1.54, 1.807) is 0 Å². The molecule has 1 saturated carbocycles. The monoisotopic (exact) mass is 324 g/mol. The Morgan fingerprint density at radius 1 is 0.913 bits per heavy atom. The molecule has 0 heterocycles. The Hall–Kier alpha value is -1.12. The maximum Gasteiger partial charge on any atom is 0.162 e. The number of ether oxygens (including phenoxy) is 1. The zero-order chi connectivity index (χ0) is 16.5. The molecule has 1 aromatic carbocycles. The van der Waals surface area contributed by atoms with E-state index in [9.17, 15) is 8.78 Å². The molecule has 1 aromatic rings. The smallest absolute Gasteiger partial charge is 0.162 e. The summed E-state index contributed by atoms with van der Waals surface area (Å²) in [5, 5.41) is 0. The van der Waals surface area contributed by atoms with E-state index < -0.39 is 11.6 Å². The van der Waals surface area contributed by atoms with E-state index in [1.807, 2.05) is 0 Å². The molecule has 0 N–H and O–H groups in total. The van der Waals surface area contributed by atoms with Crippen molar-refractivity contribution in [1.82, 2.24) is 0 Å². The Balaban J connectivity index is 1.56. The predicted molar refractivity (Wildman–Crippen MR) is 90.7 cm³/mol. The largest absolute Gasteiger partial charge is 0.493 e. The third kappa shape index (κ3) is 6.48. The van der Waals surface area contributed by atoms with Crippen LogP contribution in [0.4, 0.5) is 8.78 Å². The van der Waals surface area contributed by atoms with E-state index in [-0.39, 0.29) is 0 Å². The molecule has 0 aromatic heterocycles. The highest BCUT2D eigenvalue weighted by Gasteiger charge is 2.20. The SMILES string of the molecule is CCCCCC1CCC(CCCOc2ccc(F)c(F)c2)CC1. The van der Waals surface area contributed by atoms with Crippen LogP contribution in [0.15, 0.2) is 18.2 Å². The molecule has 0 amide bonds. The van der Waals surface area contributed by atoms with E-state index in [0.29, 0.717) is 12.4 Å². The van der Waals surface area contributed by atoms with E-state index in [0.717, 1.165) is 30.4 Å². The molecule has 2 rings (SSSR count). The summed E-state index contributed by atoms with van der Waals surface area (Å²) in [6.07, 6.45) is 13.2. The van der Waals surface area contributed by atoms with E-state index in [4.69, 9.17) is 4.74 Å². The van der Waals surface area contributed by atoms with Gasteiger partial charge in [-0.2, -0.15) is 0 Å². The Morgan fingerprint density at radius 3 is 2.17 bits per heavy atom. The molecule has 0 radical (unpaired) electrons. The van der Waals surface area contributed by atoms with Crippen molar-refractivity contribution in [3.8, 4) is 5.75 Å². The lowest BCUT2D eigenvalue weighted by molar-refractivity contribution is 0.228. The molecular weight excluding hydrogens is 294 g/mol. The van der Waals surface area contributed by atoms with E-state index >= 15 is 0 Å². The normalized spacial score (nSPS) is 21.3. The summed E-state index contributed by atoms with van der Waals surface area (Å²) in [6.45, 7) is 2.85. The van der Waals surface area contributed by atoms with Gasteiger partial charge in [0.15, 0.2) is 11.6 Å². The van der Waals surface area contributed by atoms with Crippen molar-refractivity contribution in [2.24, 2.45) is 11.8 Å². The van der Waals surface area contributed by atoms with Gasteiger partial charge in [-0.15, -0.1) is 0 Å². The molecule has 0 atom stereocenters. The molecule has 1 fully saturated rings.